The molecule has 5 heteroatoms. The van der Waals surface area contributed by atoms with E-state index in [1.165, 1.54) is 19.3 Å². The first-order valence-electron chi connectivity index (χ1n) is 8.54. The summed E-state index contributed by atoms with van der Waals surface area (Å²) in [6, 6.07) is 0.158. The topological polar surface area (TPSA) is 61.4 Å². The van der Waals surface area contributed by atoms with Crippen LogP contribution in [-0.4, -0.2) is 48.9 Å². The van der Waals surface area contributed by atoms with Crippen LogP contribution in [0.2, 0.25) is 0 Å². The Morgan fingerprint density at radius 2 is 1.81 bits per heavy atom. The van der Waals surface area contributed by atoms with Crippen LogP contribution in [0.4, 0.5) is 0 Å². The average Bonchev–Trinajstić information content (AvgIpc) is 3.19. The van der Waals surface area contributed by atoms with Gasteiger partial charge in [-0.1, -0.05) is 19.3 Å². The Kier molecular flexibility index (Phi) is 4.78. The normalized spacial score (nSPS) is 30.6. The van der Waals surface area contributed by atoms with E-state index >= 15 is 0 Å². The molecule has 2 N–H and O–H groups in total. The molecule has 0 aromatic rings. The lowest BCUT2D eigenvalue weighted by atomic mass is 9.88. The highest BCUT2D eigenvalue weighted by Crippen LogP contribution is 2.26. The molecule has 5 nitrogen and oxygen atoms in total. The predicted molar refractivity (Wildman–Crippen MR) is 80.7 cm³/mol. The van der Waals surface area contributed by atoms with Gasteiger partial charge in [-0.15, -0.1) is 0 Å². The van der Waals surface area contributed by atoms with Crippen LogP contribution in [0.5, 0.6) is 0 Å². The standard InChI is InChI=1S/C16H27N3O2/c20-15(13-6-8-17-10-13)18-14-7-9-19(11-14)16(21)12-4-2-1-3-5-12/h12-14,17H,1-11H2,(H,18,20). The van der Waals surface area contributed by atoms with E-state index in [0.717, 1.165) is 45.3 Å². The quantitative estimate of drug-likeness (QED) is 0.812. The van der Waals surface area contributed by atoms with Gasteiger partial charge in [-0.2, -0.15) is 0 Å². The molecule has 0 radical (unpaired) electrons. The highest BCUT2D eigenvalue weighted by atomic mass is 16.2. The summed E-state index contributed by atoms with van der Waals surface area (Å²) in [5.41, 5.74) is 0. The van der Waals surface area contributed by atoms with Crippen LogP contribution in [0.3, 0.4) is 0 Å². The monoisotopic (exact) mass is 293 g/mol. The lowest BCUT2D eigenvalue weighted by Gasteiger charge is -2.26. The summed E-state index contributed by atoms with van der Waals surface area (Å²) in [5, 5.41) is 6.36. The first kappa shape index (κ1) is 14.8. The highest BCUT2D eigenvalue weighted by molar-refractivity contribution is 5.81. The van der Waals surface area contributed by atoms with Crippen molar-refractivity contribution in [3.05, 3.63) is 0 Å². The van der Waals surface area contributed by atoms with E-state index in [1.807, 2.05) is 4.90 Å². The van der Waals surface area contributed by atoms with Gasteiger partial charge in [0.25, 0.3) is 0 Å². The fourth-order valence-corrected chi connectivity index (χ4v) is 3.88. The van der Waals surface area contributed by atoms with Crippen molar-refractivity contribution < 1.29 is 9.59 Å². The molecule has 21 heavy (non-hydrogen) atoms. The Morgan fingerprint density at radius 1 is 1.00 bits per heavy atom. The maximum atomic E-state index is 12.5. The van der Waals surface area contributed by atoms with Crippen LogP contribution in [0.15, 0.2) is 0 Å². The van der Waals surface area contributed by atoms with Gasteiger partial charge in [-0.05, 0) is 32.2 Å². The molecule has 0 aromatic carbocycles. The van der Waals surface area contributed by atoms with Crippen LogP contribution >= 0.6 is 0 Å². The van der Waals surface area contributed by atoms with E-state index in [0.29, 0.717) is 12.5 Å². The zero-order valence-electron chi connectivity index (χ0n) is 12.8. The SMILES string of the molecule is O=C(NC1CCN(C(=O)C2CCCCC2)C1)C1CCNC1. The fraction of sp³-hybridized carbons (Fsp3) is 0.875. The van der Waals surface area contributed by atoms with Crippen molar-refractivity contribution in [2.75, 3.05) is 26.2 Å². The number of rotatable bonds is 3. The second-order valence-corrected chi connectivity index (χ2v) is 6.80. The molecule has 2 heterocycles. The predicted octanol–water partition coefficient (Wildman–Crippen LogP) is 0.893. The number of hydrogen-bond donors (Lipinski definition) is 2. The summed E-state index contributed by atoms with van der Waals surface area (Å²) < 4.78 is 0. The molecule has 3 fully saturated rings. The van der Waals surface area contributed by atoms with Crippen molar-refractivity contribution >= 4 is 11.8 Å². The summed E-state index contributed by atoms with van der Waals surface area (Å²) in [4.78, 5) is 26.6. The van der Waals surface area contributed by atoms with Crippen LogP contribution in [0.1, 0.15) is 44.9 Å². The molecule has 2 atom stereocenters. The van der Waals surface area contributed by atoms with Gasteiger partial charge < -0.3 is 15.5 Å². The third-order valence-corrected chi connectivity index (χ3v) is 5.23. The van der Waals surface area contributed by atoms with Crippen molar-refractivity contribution in [3.63, 3.8) is 0 Å². The van der Waals surface area contributed by atoms with E-state index in [-0.39, 0.29) is 23.8 Å². The largest absolute Gasteiger partial charge is 0.351 e. The van der Waals surface area contributed by atoms with Gasteiger partial charge in [0.2, 0.25) is 11.8 Å². The summed E-state index contributed by atoms with van der Waals surface area (Å²) in [7, 11) is 0. The molecule has 0 aromatic heterocycles. The van der Waals surface area contributed by atoms with E-state index in [4.69, 9.17) is 0 Å². The van der Waals surface area contributed by atoms with Gasteiger partial charge in [-0.3, -0.25) is 9.59 Å². The van der Waals surface area contributed by atoms with E-state index in [9.17, 15) is 9.59 Å². The van der Waals surface area contributed by atoms with Crippen LogP contribution in [0, 0.1) is 11.8 Å². The molecule has 2 aliphatic heterocycles. The van der Waals surface area contributed by atoms with Gasteiger partial charge in [-0.25, -0.2) is 0 Å². The van der Waals surface area contributed by atoms with E-state index < -0.39 is 0 Å². The molecular formula is C16H27N3O2. The molecule has 1 saturated carbocycles. The molecule has 1 aliphatic carbocycles. The zero-order valence-corrected chi connectivity index (χ0v) is 12.8. The Balaban J connectivity index is 1.46. The maximum Gasteiger partial charge on any atom is 0.225 e. The molecule has 3 aliphatic rings. The minimum Gasteiger partial charge on any atom is -0.351 e. The van der Waals surface area contributed by atoms with Gasteiger partial charge >= 0.3 is 0 Å². The number of nitrogens with one attached hydrogen (secondary N) is 2. The minimum atomic E-state index is 0.119. The van der Waals surface area contributed by atoms with Gasteiger partial charge in [0.15, 0.2) is 0 Å². The summed E-state index contributed by atoms with van der Waals surface area (Å²) in [5.74, 6) is 0.853. The Hall–Kier alpha value is -1.10. The molecular weight excluding hydrogens is 266 g/mol. The Bertz CT molecular complexity index is 387. The minimum absolute atomic E-state index is 0.119. The smallest absolute Gasteiger partial charge is 0.225 e. The van der Waals surface area contributed by atoms with Crippen LogP contribution < -0.4 is 10.6 Å². The highest BCUT2D eigenvalue weighted by Gasteiger charge is 2.33. The van der Waals surface area contributed by atoms with Crippen LogP contribution in [0.25, 0.3) is 0 Å². The second-order valence-electron chi connectivity index (χ2n) is 6.80. The first-order valence-corrected chi connectivity index (χ1v) is 8.54. The average molecular weight is 293 g/mol. The number of carbonyl (C=O) groups is 2. The molecule has 2 saturated heterocycles. The van der Waals surface area contributed by atoms with Crippen LogP contribution in [-0.2, 0) is 9.59 Å². The Labute approximate surface area is 126 Å². The third-order valence-electron chi connectivity index (χ3n) is 5.23. The third kappa shape index (κ3) is 3.57. The van der Waals surface area contributed by atoms with Crippen molar-refractivity contribution in [1.29, 1.82) is 0 Å². The number of hydrogen-bond acceptors (Lipinski definition) is 3. The molecule has 118 valence electrons. The number of carbonyl (C=O) groups excluding carboxylic acids is 2. The molecule has 2 unspecified atom stereocenters. The number of likely N-dealkylation sites (tertiary alicyclic amines) is 1. The summed E-state index contributed by atoms with van der Waals surface area (Å²) in [6.45, 7) is 3.25. The van der Waals surface area contributed by atoms with Gasteiger partial charge in [0, 0.05) is 31.6 Å². The molecule has 0 spiro atoms. The van der Waals surface area contributed by atoms with Crippen molar-refractivity contribution in [2.45, 2.75) is 51.0 Å². The van der Waals surface area contributed by atoms with E-state index in [2.05, 4.69) is 10.6 Å². The van der Waals surface area contributed by atoms with Gasteiger partial charge in [0.05, 0.1) is 5.92 Å². The molecule has 0 bridgehead atoms. The molecule has 3 rings (SSSR count). The number of nitrogens with zero attached hydrogens (tertiary/aromatic N) is 1. The van der Waals surface area contributed by atoms with Gasteiger partial charge in [0.1, 0.15) is 0 Å². The Morgan fingerprint density at radius 3 is 2.52 bits per heavy atom. The molecule has 2 amide bonds. The zero-order chi connectivity index (χ0) is 14.7. The second kappa shape index (κ2) is 6.77. The fourth-order valence-electron chi connectivity index (χ4n) is 3.88. The van der Waals surface area contributed by atoms with Crippen molar-refractivity contribution in [2.24, 2.45) is 11.8 Å². The summed E-state index contributed by atoms with van der Waals surface area (Å²) >= 11 is 0. The lowest BCUT2D eigenvalue weighted by Crippen LogP contribution is -2.42. The van der Waals surface area contributed by atoms with Crippen molar-refractivity contribution in [3.8, 4) is 0 Å². The lowest BCUT2D eigenvalue weighted by molar-refractivity contribution is -0.135. The first-order chi connectivity index (χ1) is 10.2. The van der Waals surface area contributed by atoms with E-state index in [1.54, 1.807) is 0 Å². The summed E-state index contributed by atoms with van der Waals surface area (Å²) in [6.07, 6.45) is 7.61. The number of amides is 2. The maximum absolute atomic E-state index is 12.5. The van der Waals surface area contributed by atoms with Crippen molar-refractivity contribution in [1.82, 2.24) is 15.5 Å².